The van der Waals surface area contributed by atoms with Crippen LogP contribution in [0.4, 0.5) is 4.79 Å². The van der Waals surface area contributed by atoms with Crippen molar-refractivity contribution in [2.75, 3.05) is 20.3 Å². The smallest absolute Gasteiger partial charge is 0.408 e. The van der Waals surface area contributed by atoms with Crippen LogP contribution in [0.15, 0.2) is 42.6 Å². The zero-order valence-corrected chi connectivity index (χ0v) is 33.1. The second kappa shape index (κ2) is 15.2. The lowest BCUT2D eigenvalue weighted by atomic mass is 9.88. The minimum atomic E-state index is -4.26. The van der Waals surface area contributed by atoms with E-state index >= 15 is 0 Å². The summed E-state index contributed by atoms with van der Waals surface area (Å²) >= 11 is 0. The van der Waals surface area contributed by atoms with E-state index in [9.17, 15) is 32.7 Å². The number of pyridine rings is 1. The number of fused-ring (bicyclic) bond motifs is 3. The highest BCUT2D eigenvalue weighted by atomic mass is 32.2. The third kappa shape index (κ3) is 8.39. The van der Waals surface area contributed by atoms with Crippen LogP contribution in [0.5, 0.6) is 11.6 Å². The fraction of sp³-hybridized carbons (Fsp3) is 0.615. The van der Waals surface area contributed by atoms with Crippen LogP contribution in [0.1, 0.15) is 79.6 Å². The molecule has 2 aromatic rings. The summed E-state index contributed by atoms with van der Waals surface area (Å²) in [7, 11) is -2.72. The third-order valence-electron chi connectivity index (χ3n) is 11.2. The Balaban J connectivity index is 1.35. The number of carbonyl (C=O) groups is 4. The number of hydrogen-bond donors (Lipinski definition) is 4. The summed E-state index contributed by atoms with van der Waals surface area (Å²) < 4.78 is 44.7. The number of aromatic nitrogens is 1. The number of nitrogens with one attached hydrogen (secondary N) is 3. The first-order valence-electron chi connectivity index (χ1n) is 19.0. The van der Waals surface area contributed by atoms with Crippen LogP contribution < -0.4 is 24.8 Å². The number of aliphatic hydroxyl groups is 1. The number of methoxy groups -OCH3 is 1. The zero-order chi connectivity index (χ0) is 39.9. The highest BCUT2D eigenvalue weighted by Gasteiger charge is 2.64. The van der Waals surface area contributed by atoms with E-state index in [1.54, 1.807) is 27.9 Å². The van der Waals surface area contributed by atoms with Crippen LogP contribution in [0.3, 0.4) is 0 Å². The van der Waals surface area contributed by atoms with Gasteiger partial charge in [0.25, 0.3) is 5.91 Å². The summed E-state index contributed by atoms with van der Waals surface area (Å²) in [5, 5.41) is 16.9. The van der Waals surface area contributed by atoms with Crippen LogP contribution >= 0.6 is 0 Å². The van der Waals surface area contributed by atoms with Gasteiger partial charge in [0.2, 0.25) is 27.7 Å². The number of aliphatic hydroxyl groups excluding tert-OH is 1. The Bertz CT molecular complexity index is 1960. The molecule has 1 saturated heterocycles. The molecule has 2 aliphatic carbocycles. The Morgan fingerprint density at radius 1 is 1.11 bits per heavy atom. The average Bonchev–Trinajstić information content (AvgIpc) is 4.02. The number of amides is 4. The van der Waals surface area contributed by atoms with Gasteiger partial charge in [-0.1, -0.05) is 44.2 Å². The molecular weight excluding hydrogens is 731 g/mol. The van der Waals surface area contributed by atoms with E-state index in [1.165, 1.54) is 11.1 Å². The fourth-order valence-electron chi connectivity index (χ4n) is 7.78. The lowest BCUT2D eigenvalue weighted by Crippen LogP contribution is -2.59. The van der Waals surface area contributed by atoms with E-state index in [2.05, 4.69) is 27.3 Å². The first-order valence-corrected chi connectivity index (χ1v) is 20.5. The van der Waals surface area contributed by atoms with Gasteiger partial charge < -0.3 is 34.9 Å². The maximum absolute atomic E-state index is 14.8. The normalized spacial score (nSPS) is 30.1. The van der Waals surface area contributed by atoms with Gasteiger partial charge in [-0.15, -0.1) is 0 Å². The molecule has 3 fully saturated rings. The van der Waals surface area contributed by atoms with Crippen molar-refractivity contribution in [1.82, 2.24) is 25.2 Å². The number of ether oxygens (including phenoxy) is 3. The van der Waals surface area contributed by atoms with Gasteiger partial charge in [0.05, 0.1) is 26.5 Å². The molecule has 16 heteroatoms. The topological polar surface area (TPSA) is 203 Å². The van der Waals surface area contributed by atoms with Crippen molar-refractivity contribution in [3.8, 4) is 11.6 Å². The highest BCUT2D eigenvalue weighted by molar-refractivity contribution is 7.91. The number of benzene rings is 1. The van der Waals surface area contributed by atoms with Gasteiger partial charge in [0, 0.05) is 23.1 Å². The molecule has 4 N–H and O–H groups in total. The Hall–Kier alpha value is -4.44. The van der Waals surface area contributed by atoms with Gasteiger partial charge in [-0.25, -0.2) is 18.2 Å². The zero-order valence-electron chi connectivity index (χ0n) is 32.3. The number of carbonyl (C=O) groups excluding carboxylic acids is 4. The maximum Gasteiger partial charge on any atom is 0.408 e. The van der Waals surface area contributed by atoms with E-state index in [1.807, 2.05) is 43.3 Å². The molecule has 1 aromatic carbocycles. The molecule has 0 unspecified atom stereocenters. The van der Waals surface area contributed by atoms with E-state index < -0.39 is 80.4 Å². The van der Waals surface area contributed by atoms with Gasteiger partial charge >= 0.3 is 6.09 Å². The SMILES string of the molecule is COc1cnc(O[C@@H]2C[C@H]3C(=O)N[C@]4(C(=O)NS(=O)(=O)C5(CO)CC5)C[C@H]4/C=C\CC[C@@H](C)C[C@@H](C)[C@H](NC(=O)OC(C)(C)C)C(=O)N3C2)c2ccccc12. The Morgan fingerprint density at radius 3 is 2.47 bits per heavy atom. The quantitative estimate of drug-likeness (QED) is 0.286. The molecule has 1 aromatic heterocycles. The number of nitrogens with zero attached hydrogens (tertiary/aromatic N) is 2. The average molecular weight is 784 g/mol. The molecule has 55 heavy (non-hydrogen) atoms. The van der Waals surface area contributed by atoms with Gasteiger partial charge in [0.15, 0.2) is 0 Å². The van der Waals surface area contributed by atoms with Crippen LogP contribution in [-0.4, -0.2) is 102 Å². The lowest BCUT2D eigenvalue weighted by molar-refractivity contribution is -0.142. The summed E-state index contributed by atoms with van der Waals surface area (Å²) in [6, 6.07) is 5.14. The summed E-state index contributed by atoms with van der Waals surface area (Å²) in [5.74, 6) is -2.03. The highest BCUT2D eigenvalue weighted by Crippen LogP contribution is 2.48. The standard InChI is InChI=1S/C39H53N5O10S/c1-23-11-7-8-12-25-19-39(25,35(48)43-55(50,51)38(22-45)15-16-38)42-32(46)29-18-26(53-33-28-14-10-9-13-27(28)30(52-6)20-40-33)21-44(29)34(47)31(24(2)17-23)41-36(49)54-37(3,4)5/h8-10,12-14,20,23-26,29,31,45H,7,11,15-19,21-22H2,1-6H3,(H,41,49)(H,42,46)(H,43,48)/b12-8-/t23-,24-,25-,26-,29+,31+,39-/m1/s1. The van der Waals surface area contributed by atoms with Crippen LogP contribution in [0.25, 0.3) is 10.8 Å². The molecule has 4 aliphatic rings. The van der Waals surface area contributed by atoms with Crippen molar-refractivity contribution in [3.05, 3.63) is 42.6 Å². The predicted molar refractivity (Wildman–Crippen MR) is 202 cm³/mol. The molecule has 7 atom stereocenters. The molecule has 0 bridgehead atoms. The van der Waals surface area contributed by atoms with Gasteiger partial charge in [0.1, 0.15) is 39.8 Å². The molecule has 300 valence electrons. The van der Waals surface area contributed by atoms with Crippen LogP contribution in [0.2, 0.25) is 0 Å². The van der Waals surface area contributed by atoms with Crippen molar-refractivity contribution >= 4 is 44.6 Å². The van der Waals surface area contributed by atoms with Crippen molar-refractivity contribution < 1.29 is 46.9 Å². The van der Waals surface area contributed by atoms with Gasteiger partial charge in [-0.05, 0) is 77.2 Å². The molecule has 2 saturated carbocycles. The molecule has 4 amide bonds. The molecule has 3 heterocycles. The van der Waals surface area contributed by atoms with E-state index in [0.29, 0.717) is 24.0 Å². The van der Waals surface area contributed by atoms with E-state index in [4.69, 9.17) is 14.2 Å². The molecule has 6 rings (SSSR count). The minimum absolute atomic E-state index is 0.00762. The molecule has 0 spiro atoms. The molecule has 2 aliphatic heterocycles. The Kier molecular flexibility index (Phi) is 11.1. The number of allylic oxidation sites excluding steroid dienone is 1. The second-order valence-corrected chi connectivity index (χ2v) is 18.7. The van der Waals surface area contributed by atoms with Crippen molar-refractivity contribution in [3.63, 3.8) is 0 Å². The van der Waals surface area contributed by atoms with Crippen LogP contribution in [-0.2, 0) is 29.1 Å². The predicted octanol–water partition coefficient (Wildman–Crippen LogP) is 3.34. The first-order chi connectivity index (χ1) is 25.9. The second-order valence-electron chi connectivity index (χ2n) is 16.7. The third-order valence-corrected chi connectivity index (χ3v) is 13.3. The molecule has 0 radical (unpaired) electrons. The lowest BCUT2D eigenvalue weighted by Gasteiger charge is -2.33. The summed E-state index contributed by atoms with van der Waals surface area (Å²) in [4.78, 5) is 62.2. The van der Waals surface area contributed by atoms with Crippen molar-refractivity contribution in [2.24, 2.45) is 17.8 Å². The fourth-order valence-corrected chi connectivity index (χ4v) is 9.23. The number of alkyl carbamates (subject to hydrolysis) is 1. The summed E-state index contributed by atoms with van der Waals surface area (Å²) in [5.41, 5.74) is -2.45. The summed E-state index contributed by atoms with van der Waals surface area (Å²) in [6.45, 7) is 8.42. The van der Waals surface area contributed by atoms with E-state index in [-0.39, 0.29) is 49.9 Å². The maximum atomic E-state index is 14.8. The monoisotopic (exact) mass is 783 g/mol. The minimum Gasteiger partial charge on any atom is -0.494 e. The molecule has 15 nitrogen and oxygen atoms in total. The molecular formula is C39H53N5O10S. The van der Waals surface area contributed by atoms with Crippen molar-refractivity contribution in [2.45, 2.75) is 114 Å². The number of sulfonamides is 1. The van der Waals surface area contributed by atoms with Gasteiger partial charge in [-0.3, -0.25) is 19.1 Å². The van der Waals surface area contributed by atoms with Crippen molar-refractivity contribution in [1.29, 1.82) is 0 Å². The van der Waals surface area contributed by atoms with Crippen LogP contribution in [0, 0.1) is 17.8 Å². The summed E-state index contributed by atoms with van der Waals surface area (Å²) in [6.07, 6.45) is 6.31. The Morgan fingerprint density at radius 2 is 1.82 bits per heavy atom. The first kappa shape index (κ1) is 40.2. The number of hydrogen-bond acceptors (Lipinski definition) is 11. The largest absolute Gasteiger partial charge is 0.494 e. The van der Waals surface area contributed by atoms with E-state index in [0.717, 1.165) is 11.8 Å². The number of rotatable bonds is 8. The van der Waals surface area contributed by atoms with Gasteiger partial charge in [-0.2, -0.15) is 0 Å². The Labute approximate surface area is 322 Å².